The highest BCUT2D eigenvalue weighted by atomic mass is 19.1. The van der Waals surface area contributed by atoms with Gasteiger partial charge in [0, 0.05) is 12.7 Å². The van der Waals surface area contributed by atoms with Crippen LogP contribution in [0, 0.1) is 15.9 Å². The van der Waals surface area contributed by atoms with Gasteiger partial charge in [-0.2, -0.15) is 0 Å². The van der Waals surface area contributed by atoms with E-state index in [2.05, 4.69) is 0 Å². The third-order valence-electron chi connectivity index (χ3n) is 2.93. The molecule has 2 rings (SSSR count). The molecule has 6 nitrogen and oxygen atoms in total. The molecule has 1 amide bonds. The summed E-state index contributed by atoms with van der Waals surface area (Å²) >= 11 is 0. The van der Waals surface area contributed by atoms with Gasteiger partial charge in [0.25, 0.3) is 11.6 Å². The number of carbonyl (C=O) groups is 1. The number of phenolic OH excluding ortho intramolecular Hbond substituents is 1. The Morgan fingerprint density at radius 1 is 1.24 bits per heavy atom. The molecule has 0 saturated heterocycles. The van der Waals surface area contributed by atoms with Crippen LogP contribution in [0.5, 0.6) is 5.75 Å². The molecule has 0 unspecified atom stereocenters. The van der Waals surface area contributed by atoms with Gasteiger partial charge in [0.15, 0.2) is 0 Å². The summed E-state index contributed by atoms with van der Waals surface area (Å²) in [6, 6.07) is 8.52. The van der Waals surface area contributed by atoms with E-state index in [1.165, 1.54) is 36.2 Å². The second kappa shape index (κ2) is 5.58. The highest BCUT2D eigenvalue weighted by molar-refractivity contribution is 6.08. The van der Waals surface area contributed by atoms with Gasteiger partial charge in [-0.15, -0.1) is 0 Å². The number of hydrogen-bond acceptors (Lipinski definition) is 4. The topological polar surface area (TPSA) is 83.7 Å². The molecule has 0 atom stereocenters. The second-order valence-corrected chi connectivity index (χ2v) is 4.30. The zero-order valence-corrected chi connectivity index (χ0v) is 11.0. The van der Waals surface area contributed by atoms with Gasteiger partial charge in [0.1, 0.15) is 17.1 Å². The number of phenols is 1. The summed E-state index contributed by atoms with van der Waals surface area (Å²) in [5.41, 5.74) is -0.362. The summed E-state index contributed by atoms with van der Waals surface area (Å²) < 4.78 is 13.1. The van der Waals surface area contributed by atoms with Crippen molar-refractivity contribution in [1.29, 1.82) is 0 Å². The molecular weight excluding hydrogens is 279 g/mol. The number of hydrogen-bond donors (Lipinski definition) is 1. The molecule has 0 fully saturated rings. The number of benzene rings is 2. The van der Waals surface area contributed by atoms with Gasteiger partial charge in [-0.1, -0.05) is 0 Å². The Morgan fingerprint density at radius 2 is 1.86 bits per heavy atom. The number of anilines is 1. The summed E-state index contributed by atoms with van der Waals surface area (Å²) in [5.74, 6) is -1.40. The average Bonchev–Trinajstić information content (AvgIpc) is 2.46. The van der Waals surface area contributed by atoms with Crippen LogP contribution in [0.3, 0.4) is 0 Å². The van der Waals surface area contributed by atoms with Crippen molar-refractivity contribution in [1.82, 2.24) is 0 Å². The van der Waals surface area contributed by atoms with E-state index in [0.717, 1.165) is 12.1 Å². The number of nitro groups is 1. The predicted octanol–water partition coefficient (Wildman–Crippen LogP) is 2.72. The standard InChI is InChI=1S/C14H11FN2O4/c1-16(10-3-5-11(18)6-4-10)14(19)12-7-2-9(15)8-13(12)17(20)21/h2-8,18H,1H3. The minimum absolute atomic E-state index is 0.0346. The van der Waals surface area contributed by atoms with E-state index in [0.29, 0.717) is 11.8 Å². The summed E-state index contributed by atoms with van der Waals surface area (Å²) in [7, 11) is 1.43. The van der Waals surface area contributed by atoms with Crippen LogP contribution >= 0.6 is 0 Å². The summed E-state index contributed by atoms with van der Waals surface area (Å²) in [6.45, 7) is 0. The lowest BCUT2D eigenvalue weighted by atomic mass is 10.1. The molecule has 2 aromatic rings. The maximum atomic E-state index is 13.1. The number of halogens is 1. The molecular formula is C14H11FN2O4. The van der Waals surface area contributed by atoms with Crippen molar-refractivity contribution < 1.29 is 19.2 Å². The molecule has 1 N–H and O–H groups in total. The molecule has 108 valence electrons. The SMILES string of the molecule is CN(C(=O)c1ccc(F)cc1[N+](=O)[O-])c1ccc(O)cc1. The third-order valence-corrected chi connectivity index (χ3v) is 2.93. The van der Waals surface area contributed by atoms with E-state index in [1.54, 1.807) is 0 Å². The van der Waals surface area contributed by atoms with Crippen LogP contribution in [0.15, 0.2) is 42.5 Å². The highest BCUT2D eigenvalue weighted by Gasteiger charge is 2.24. The molecule has 0 spiro atoms. The molecule has 0 aliphatic heterocycles. The maximum absolute atomic E-state index is 13.1. The fourth-order valence-electron chi connectivity index (χ4n) is 1.81. The first-order valence-electron chi connectivity index (χ1n) is 5.91. The van der Waals surface area contributed by atoms with Crippen LogP contribution < -0.4 is 4.90 Å². The monoisotopic (exact) mass is 290 g/mol. The Bertz CT molecular complexity index is 701. The predicted molar refractivity (Wildman–Crippen MR) is 73.9 cm³/mol. The van der Waals surface area contributed by atoms with Gasteiger partial charge < -0.3 is 10.0 Å². The molecule has 7 heteroatoms. The quantitative estimate of drug-likeness (QED) is 0.695. The van der Waals surface area contributed by atoms with E-state index < -0.39 is 22.3 Å². The van der Waals surface area contributed by atoms with Crippen LogP contribution in [0.1, 0.15) is 10.4 Å². The van der Waals surface area contributed by atoms with E-state index in [4.69, 9.17) is 0 Å². The van der Waals surface area contributed by atoms with Gasteiger partial charge in [0.2, 0.25) is 0 Å². The largest absolute Gasteiger partial charge is 0.508 e. The number of rotatable bonds is 3. The molecule has 21 heavy (non-hydrogen) atoms. The molecule has 2 aromatic carbocycles. The average molecular weight is 290 g/mol. The Balaban J connectivity index is 2.40. The number of nitrogens with zero attached hydrogens (tertiary/aromatic N) is 2. The first-order chi connectivity index (χ1) is 9.90. The minimum atomic E-state index is -0.805. The molecule has 0 bridgehead atoms. The van der Waals surface area contributed by atoms with Crippen LogP contribution in [-0.2, 0) is 0 Å². The van der Waals surface area contributed by atoms with E-state index >= 15 is 0 Å². The van der Waals surface area contributed by atoms with Crippen molar-refractivity contribution in [3.63, 3.8) is 0 Å². The summed E-state index contributed by atoms with van der Waals surface area (Å²) in [5, 5.41) is 20.1. The lowest BCUT2D eigenvalue weighted by Crippen LogP contribution is -2.26. The van der Waals surface area contributed by atoms with Crippen molar-refractivity contribution in [2.75, 3.05) is 11.9 Å². The molecule has 0 radical (unpaired) electrons. The Hall–Kier alpha value is -2.96. The Morgan fingerprint density at radius 3 is 2.43 bits per heavy atom. The lowest BCUT2D eigenvalue weighted by Gasteiger charge is -2.17. The highest BCUT2D eigenvalue weighted by Crippen LogP contribution is 2.24. The number of aromatic hydroxyl groups is 1. The molecule has 0 aliphatic rings. The number of nitro benzene ring substituents is 1. The van der Waals surface area contributed by atoms with Gasteiger partial charge in [-0.3, -0.25) is 14.9 Å². The van der Waals surface area contributed by atoms with E-state index in [1.807, 2.05) is 0 Å². The van der Waals surface area contributed by atoms with Crippen LogP contribution in [0.4, 0.5) is 15.8 Å². The van der Waals surface area contributed by atoms with E-state index in [9.17, 15) is 24.4 Å². The summed E-state index contributed by atoms with van der Waals surface area (Å²) in [4.78, 5) is 23.6. The van der Waals surface area contributed by atoms with Crippen LogP contribution in [-0.4, -0.2) is 23.0 Å². The maximum Gasteiger partial charge on any atom is 0.285 e. The molecule has 0 aromatic heterocycles. The van der Waals surface area contributed by atoms with Gasteiger partial charge in [-0.05, 0) is 36.4 Å². The normalized spacial score (nSPS) is 10.2. The smallest absolute Gasteiger partial charge is 0.285 e. The van der Waals surface area contributed by atoms with Gasteiger partial charge >= 0.3 is 0 Å². The minimum Gasteiger partial charge on any atom is -0.508 e. The van der Waals surface area contributed by atoms with Gasteiger partial charge in [0.05, 0.1) is 11.0 Å². The molecule has 0 aliphatic carbocycles. The Kier molecular flexibility index (Phi) is 3.84. The zero-order chi connectivity index (χ0) is 15.6. The van der Waals surface area contributed by atoms with Crippen molar-refractivity contribution in [3.8, 4) is 5.75 Å². The van der Waals surface area contributed by atoms with E-state index in [-0.39, 0.29) is 11.3 Å². The fourth-order valence-corrected chi connectivity index (χ4v) is 1.81. The van der Waals surface area contributed by atoms with Crippen molar-refractivity contribution in [2.45, 2.75) is 0 Å². The first kappa shape index (κ1) is 14.4. The zero-order valence-electron chi connectivity index (χ0n) is 11.0. The second-order valence-electron chi connectivity index (χ2n) is 4.30. The van der Waals surface area contributed by atoms with Crippen molar-refractivity contribution >= 4 is 17.3 Å². The first-order valence-corrected chi connectivity index (χ1v) is 5.91. The lowest BCUT2D eigenvalue weighted by molar-refractivity contribution is -0.385. The molecule has 0 saturated carbocycles. The number of carbonyl (C=O) groups excluding carboxylic acids is 1. The molecule has 0 heterocycles. The van der Waals surface area contributed by atoms with Crippen LogP contribution in [0.2, 0.25) is 0 Å². The fraction of sp³-hybridized carbons (Fsp3) is 0.0714. The summed E-state index contributed by atoms with van der Waals surface area (Å²) in [6.07, 6.45) is 0. The van der Waals surface area contributed by atoms with Gasteiger partial charge in [-0.25, -0.2) is 4.39 Å². The third kappa shape index (κ3) is 2.97. The van der Waals surface area contributed by atoms with Crippen LogP contribution in [0.25, 0.3) is 0 Å². The van der Waals surface area contributed by atoms with Crippen molar-refractivity contribution in [2.24, 2.45) is 0 Å². The van der Waals surface area contributed by atoms with Crippen molar-refractivity contribution in [3.05, 3.63) is 64.0 Å². The Labute approximate surface area is 119 Å². The number of amides is 1.